The molecule has 0 spiro atoms. The molecule has 1 aliphatic heterocycles. The van der Waals surface area contributed by atoms with Gasteiger partial charge in [0.25, 0.3) is 0 Å². The van der Waals surface area contributed by atoms with Gasteiger partial charge < -0.3 is 29.2 Å². The number of ether oxygens (including phenoxy) is 2. The highest BCUT2D eigenvalue weighted by molar-refractivity contribution is 5.83. The molecule has 2 heterocycles. The summed E-state index contributed by atoms with van der Waals surface area (Å²) in [6.07, 6.45) is -3.61. The lowest BCUT2D eigenvalue weighted by molar-refractivity contribution is -0.197. The Morgan fingerprint density at radius 3 is 2.48 bits per heavy atom. The molecule has 1 aromatic heterocycles. The minimum Gasteiger partial charge on any atom is -0.483 e. The van der Waals surface area contributed by atoms with Crippen LogP contribution in [-0.2, 0) is 9.53 Å². The maximum absolute atomic E-state index is 12.3. The fraction of sp³-hybridized carbons (Fsp3) is 0.474. The highest BCUT2D eigenvalue weighted by Crippen LogP contribution is 2.45. The maximum Gasteiger partial charge on any atom is 0.341 e. The molecule has 0 radical (unpaired) electrons. The van der Waals surface area contributed by atoms with Crippen LogP contribution >= 0.6 is 0 Å². The fourth-order valence-corrected chi connectivity index (χ4v) is 2.96. The third kappa shape index (κ3) is 3.20. The molecule has 3 N–H and O–H groups in total. The third-order valence-corrected chi connectivity index (χ3v) is 4.89. The predicted molar refractivity (Wildman–Crippen MR) is 94.3 cm³/mol. The molecule has 8 nitrogen and oxygen atoms in total. The summed E-state index contributed by atoms with van der Waals surface area (Å²) in [5.41, 5.74) is -3.55. The second-order valence-corrected chi connectivity index (χ2v) is 7.45. The van der Waals surface area contributed by atoms with Crippen molar-refractivity contribution < 1.29 is 34.0 Å². The van der Waals surface area contributed by atoms with Crippen molar-refractivity contribution in [3.8, 4) is 5.75 Å². The molecule has 27 heavy (non-hydrogen) atoms. The zero-order valence-electron chi connectivity index (χ0n) is 15.4. The van der Waals surface area contributed by atoms with Gasteiger partial charge in [-0.2, -0.15) is 0 Å². The van der Waals surface area contributed by atoms with Gasteiger partial charge in [-0.05, 0) is 45.9 Å². The first-order valence-corrected chi connectivity index (χ1v) is 8.50. The zero-order valence-corrected chi connectivity index (χ0v) is 15.4. The SMILES string of the molecule is C[C@@H](O)[C@@](C)(O)C(=O)OC(C)(C)[C@H]1Oc2ccc3ccc(=O)oc3c2[C@@H]1O. The molecule has 0 unspecified atom stereocenters. The van der Waals surface area contributed by atoms with Crippen LogP contribution < -0.4 is 10.4 Å². The molecule has 3 rings (SSSR count). The fourth-order valence-electron chi connectivity index (χ4n) is 2.96. The van der Waals surface area contributed by atoms with Gasteiger partial charge in [0.2, 0.25) is 0 Å². The molecule has 0 bridgehead atoms. The van der Waals surface area contributed by atoms with Crippen LogP contribution in [0.15, 0.2) is 33.5 Å². The van der Waals surface area contributed by atoms with E-state index in [9.17, 15) is 24.9 Å². The van der Waals surface area contributed by atoms with E-state index in [1.165, 1.54) is 26.8 Å². The number of rotatable bonds is 4. The Kier molecular flexibility index (Phi) is 4.54. The summed E-state index contributed by atoms with van der Waals surface area (Å²) in [5.74, 6) is -0.744. The number of hydrogen-bond acceptors (Lipinski definition) is 8. The number of esters is 1. The van der Waals surface area contributed by atoms with E-state index in [0.29, 0.717) is 16.7 Å². The summed E-state index contributed by atoms with van der Waals surface area (Å²) in [5, 5.41) is 31.1. The lowest BCUT2D eigenvalue weighted by Crippen LogP contribution is -2.53. The van der Waals surface area contributed by atoms with Crippen molar-refractivity contribution in [1.29, 1.82) is 0 Å². The van der Waals surface area contributed by atoms with Crippen LogP contribution in [0, 0.1) is 0 Å². The van der Waals surface area contributed by atoms with Crippen molar-refractivity contribution in [2.75, 3.05) is 0 Å². The molecule has 0 aliphatic carbocycles. The third-order valence-electron chi connectivity index (χ3n) is 4.89. The molecule has 2 aromatic rings. The van der Waals surface area contributed by atoms with E-state index < -0.39 is 41.1 Å². The van der Waals surface area contributed by atoms with Crippen molar-refractivity contribution in [2.24, 2.45) is 0 Å². The van der Waals surface area contributed by atoms with Gasteiger partial charge in [-0.3, -0.25) is 0 Å². The Balaban J connectivity index is 1.94. The Morgan fingerprint density at radius 2 is 1.85 bits per heavy atom. The summed E-state index contributed by atoms with van der Waals surface area (Å²) in [4.78, 5) is 23.9. The van der Waals surface area contributed by atoms with Crippen LogP contribution in [0.3, 0.4) is 0 Å². The van der Waals surface area contributed by atoms with Gasteiger partial charge in [-0.15, -0.1) is 0 Å². The molecular formula is C19H22O8. The van der Waals surface area contributed by atoms with Crippen LogP contribution in [0.25, 0.3) is 11.0 Å². The molecule has 1 aromatic carbocycles. The first-order chi connectivity index (χ1) is 12.4. The summed E-state index contributed by atoms with van der Waals surface area (Å²) in [6, 6.07) is 6.17. The summed E-state index contributed by atoms with van der Waals surface area (Å²) >= 11 is 0. The van der Waals surface area contributed by atoms with Crippen LogP contribution in [0.4, 0.5) is 0 Å². The second-order valence-electron chi connectivity index (χ2n) is 7.45. The van der Waals surface area contributed by atoms with Crippen LogP contribution in [0.1, 0.15) is 39.4 Å². The van der Waals surface area contributed by atoms with E-state index in [-0.39, 0.29) is 5.58 Å². The Labute approximate surface area is 154 Å². The minimum absolute atomic E-state index is 0.202. The van der Waals surface area contributed by atoms with Gasteiger partial charge in [0.15, 0.2) is 11.7 Å². The van der Waals surface area contributed by atoms with Gasteiger partial charge in [0.1, 0.15) is 23.0 Å². The average molecular weight is 378 g/mol. The van der Waals surface area contributed by atoms with Crippen LogP contribution in [0.5, 0.6) is 5.75 Å². The molecule has 4 atom stereocenters. The van der Waals surface area contributed by atoms with E-state index >= 15 is 0 Å². The second kappa shape index (κ2) is 6.33. The molecule has 146 valence electrons. The summed E-state index contributed by atoms with van der Waals surface area (Å²) < 4.78 is 16.4. The smallest absolute Gasteiger partial charge is 0.341 e. The van der Waals surface area contributed by atoms with Crippen molar-refractivity contribution in [3.05, 3.63) is 40.2 Å². The maximum atomic E-state index is 12.3. The van der Waals surface area contributed by atoms with Crippen LogP contribution in [0.2, 0.25) is 0 Å². The van der Waals surface area contributed by atoms with E-state index in [1.807, 2.05) is 0 Å². The monoisotopic (exact) mass is 378 g/mol. The van der Waals surface area contributed by atoms with Crippen molar-refractivity contribution in [3.63, 3.8) is 0 Å². The minimum atomic E-state index is -2.12. The average Bonchev–Trinajstić information content (AvgIpc) is 2.92. The molecule has 0 saturated heterocycles. The zero-order chi connectivity index (χ0) is 20.1. The Hall–Kier alpha value is -2.42. The molecule has 0 amide bonds. The molecule has 0 fully saturated rings. The van der Waals surface area contributed by atoms with Crippen LogP contribution in [-0.4, -0.2) is 44.7 Å². The van der Waals surface area contributed by atoms with Gasteiger partial charge in [-0.1, -0.05) is 0 Å². The lowest BCUT2D eigenvalue weighted by atomic mass is 9.92. The number of aliphatic hydroxyl groups is 3. The van der Waals surface area contributed by atoms with E-state index in [1.54, 1.807) is 18.2 Å². The predicted octanol–water partition coefficient (Wildman–Crippen LogP) is 1.04. The molecule has 1 aliphatic rings. The normalized spacial score (nSPS) is 22.6. The van der Waals surface area contributed by atoms with Gasteiger partial charge >= 0.3 is 11.6 Å². The number of fused-ring (bicyclic) bond motifs is 3. The number of aliphatic hydroxyl groups excluding tert-OH is 2. The first-order valence-electron chi connectivity index (χ1n) is 8.50. The van der Waals surface area contributed by atoms with Crippen molar-refractivity contribution in [2.45, 2.75) is 57.2 Å². The van der Waals surface area contributed by atoms with E-state index in [2.05, 4.69) is 0 Å². The number of carbonyl (C=O) groups excluding carboxylic acids is 1. The summed E-state index contributed by atoms with van der Waals surface area (Å²) in [6.45, 7) is 5.43. The highest BCUT2D eigenvalue weighted by atomic mass is 16.6. The van der Waals surface area contributed by atoms with Crippen molar-refractivity contribution >= 4 is 16.9 Å². The highest BCUT2D eigenvalue weighted by Gasteiger charge is 2.50. The standard InChI is InChI=1S/C19H22O8/c1-9(20)19(4,24)17(23)27-18(2,3)16-14(22)13-11(25-16)7-5-10-6-8-12(21)26-15(10)13/h5-9,14,16,20,22,24H,1-4H3/t9-,14+,16+,19-/m1/s1. The topological polar surface area (TPSA) is 126 Å². The van der Waals surface area contributed by atoms with Gasteiger partial charge in [0.05, 0.1) is 11.7 Å². The van der Waals surface area contributed by atoms with Crippen molar-refractivity contribution in [1.82, 2.24) is 0 Å². The summed E-state index contributed by atoms with van der Waals surface area (Å²) in [7, 11) is 0. The molecule has 0 saturated carbocycles. The largest absolute Gasteiger partial charge is 0.483 e. The number of hydrogen-bond donors (Lipinski definition) is 3. The molecule has 8 heteroatoms. The quantitative estimate of drug-likeness (QED) is 0.532. The lowest BCUT2D eigenvalue weighted by Gasteiger charge is -2.35. The van der Waals surface area contributed by atoms with Gasteiger partial charge in [-0.25, -0.2) is 9.59 Å². The number of carbonyl (C=O) groups is 1. The molecular weight excluding hydrogens is 356 g/mol. The van der Waals surface area contributed by atoms with Gasteiger partial charge in [0, 0.05) is 11.5 Å². The number of benzene rings is 1. The first kappa shape index (κ1) is 19.3. The van der Waals surface area contributed by atoms with E-state index in [4.69, 9.17) is 13.9 Å². The van der Waals surface area contributed by atoms with E-state index in [0.717, 1.165) is 6.92 Å². The Bertz CT molecular complexity index is 940. The Morgan fingerprint density at radius 1 is 1.22 bits per heavy atom.